The van der Waals surface area contributed by atoms with Gasteiger partial charge in [-0.3, -0.25) is 4.79 Å². The summed E-state index contributed by atoms with van der Waals surface area (Å²) in [5.41, 5.74) is 2.26. The molecule has 4 rings (SSSR count). The normalized spacial score (nSPS) is 19.0. The Balaban J connectivity index is 1.48. The van der Waals surface area contributed by atoms with Crippen molar-refractivity contribution in [2.24, 2.45) is 0 Å². The van der Waals surface area contributed by atoms with E-state index in [1.165, 1.54) is 0 Å². The van der Waals surface area contributed by atoms with Gasteiger partial charge in [0.25, 0.3) is 5.91 Å². The number of para-hydroxylation sites is 2. The molecule has 0 spiro atoms. The van der Waals surface area contributed by atoms with Gasteiger partial charge in [0.15, 0.2) is 23.9 Å². The summed E-state index contributed by atoms with van der Waals surface area (Å²) in [5.74, 6) is 1.91. The smallest absolute Gasteiger partial charge is 0.261 e. The van der Waals surface area contributed by atoms with Crippen LogP contribution < -0.4 is 14.8 Å². The molecule has 3 heterocycles. The fourth-order valence-electron chi connectivity index (χ4n) is 3.87. The molecule has 0 saturated carbocycles. The minimum atomic E-state index is -0.0808. The molecule has 2 aromatic rings. The molecule has 7 nitrogen and oxygen atoms in total. The molecule has 1 aromatic heterocycles. The molecule has 28 heavy (non-hydrogen) atoms. The van der Waals surface area contributed by atoms with Gasteiger partial charge in [-0.25, -0.2) is 9.97 Å². The van der Waals surface area contributed by atoms with Crippen LogP contribution in [0.15, 0.2) is 30.5 Å². The van der Waals surface area contributed by atoms with E-state index in [0.29, 0.717) is 18.0 Å². The van der Waals surface area contributed by atoms with Crippen LogP contribution in [0.25, 0.3) is 0 Å². The minimum Gasteiger partial charge on any atom is -0.493 e. The maximum absolute atomic E-state index is 12.9. The number of hydrogen-bond donors (Lipinski definition) is 1. The number of aromatic nitrogens is 2. The monoisotopic (exact) mass is 382 g/mol. The zero-order valence-corrected chi connectivity index (χ0v) is 16.2. The van der Waals surface area contributed by atoms with Crippen molar-refractivity contribution in [1.82, 2.24) is 20.2 Å². The van der Waals surface area contributed by atoms with Crippen molar-refractivity contribution in [2.45, 2.75) is 38.3 Å². The third-order valence-corrected chi connectivity index (χ3v) is 5.37. The number of carbonyl (C=O) groups excluding carboxylic acids is 1. The fourth-order valence-corrected chi connectivity index (χ4v) is 3.87. The molecule has 7 heteroatoms. The first-order chi connectivity index (χ1) is 13.8. The lowest BCUT2D eigenvalue weighted by Gasteiger charge is -2.35. The minimum absolute atomic E-state index is 0.0221. The standard InChI is InChI=1S/C21H26N4O3/c1-27-18-7-2-3-8-19(18)28-14-20(26)25-11-5-4-6-17(25)21-23-13-15-12-22-10-9-16(15)24-21/h2-3,7-8,13,17,22H,4-6,9-12,14H2,1H3/t17-/m0/s1. The molecule has 0 bridgehead atoms. The average molecular weight is 382 g/mol. The molecule has 1 aromatic carbocycles. The van der Waals surface area contributed by atoms with Gasteiger partial charge in [0.2, 0.25) is 0 Å². The van der Waals surface area contributed by atoms with E-state index in [1.807, 2.05) is 29.3 Å². The van der Waals surface area contributed by atoms with E-state index >= 15 is 0 Å². The van der Waals surface area contributed by atoms with Crippen molar-refractivity contribution in [1.29, 1.82) is 0 Å². The third-order valence-electron chi connectivity index (χ3n) is 5.37. The van der Waals surface area contributed by atoms with Gasteiger partial charge < -0.3 is 19.7 Å². The number of piperidine rings is 1. The van der Waals surface area contributed by atoms with Gasteiger partial charge in [-0.1, -0.05) is 12.1 Å². The average Bonchev–Trinajstić information content (AvgIpc) is 2.77. The van der Waals surface area contributed by atoms with E-state index in [4.69, 9.17) is 14.5 Å². The Morgan fingerprint density at radius 2 is 2.14 bits per heavy atom. The lowest BCUT2D eigenvalue weighted by atomic mass is 10.0. The van der Waals surface area contributed by atoms with E-state index in [-0.39, 0.29) is 18.6 Å². The van der Waals surface area contributed by atoms with Gasteiger partial charge >= 0.3 is 0 Å². The highest BCUT2D eigenvalue weighted by Crippen LogP contribution is 2.30. The first kappa shape index (κ1) is 18.7. The molecule has 0 unspecified atom stereocenters. The molecule has 1 fully saturated rings. The summed E-state index contributed by atoms with van der Waals surface area (Å²) >= 11 is 0. The van der Waals surface area contributed by atoms with Gasteiger partial charge in [0.1, 0.15) is 0 Å². The van der Waals surface area contributed by atoms with Crippen LogP contribution in [0.2, 0.25) is 0 Å². The zero-order valence-electron chi connectivity index (χ0n) is 16.2. The first-order valence-corrected chi connectivity index (χ1v) is 9.87. The molecule has 1 amide bonds. The summed E-state index contributed by atoms with van der Waals surface area (Å²) in [5, 5.41) is 3.34. The SMILES string of the molecule is COc1ccccc1OCC(=O)N1CCCC[C@H]1c1ncc2c(n1)CCNC2. The zero-order chi connectivity index (χ0) is 19.3. The molecule has 2 aliphatic rings. The van der Waals surface area contributed by atoms with Gasteiger partial charge in [-0.15, -0.1) is 0 Å². The van der Waals surface area contributed by atoms with Crippen molar-refractivity contribution in [3.05, 3.63) is 47.5 Å². The molecule has 2 aliphatic heterocycles. The van der Waals surface area contributed by atoms with Crippen molar-refractivity contribution in [3.8, 4) is 11.5 Å². The Labute approximate surface area is 165 Å². The van der Waals surface area contributed by atoms with Crippen LogP contribution in [0.5, 0.6) is 11.5 Å². The van der Waals surface area contributed by atoms with Crippen molar-refractivity contribution in [3.63, 3.8) is 0 Å². The van der Waals surface area contributed by atoms with Crippen molar-refractivity contribution in [2.75, 3.05) is 26.8 Å². The van der Waals surface area contributed by atoms with Crippen LogP contribution in [-0.4, -0.2) is 47.6 Å². The highest BCUT2D eigenvalue weighted by atomic mass is 16.5. The molecule has 0 radical (unpaired) electrons. The Morgan fingerprint density at radius 1 is 1.29 bits per heavy atom. The second-order valence-corrected chi connectivity index (χ2v) is 7.17. The predicted octanol–water partition coefficient (Wildman–Crippen LogP) is 2.26. The molecular weight excluding hydrogens is 356 g/mol. The van der Waals surface area contributed by atoms with E-state index < -0.39 is 0 Å². The summed E-state index contributed by atoms with van der Waals surface area (Å²) in [4.78, 5) is 24.2. The molecular formula is C21H26N4O3. The number of carbonyl (C=O) groups is 1. The number of methoxy groups -OCH3 is 1. The number of amides is 1. The predicted molar refractivity (Wildman–Crippen MR) is 104 cm³/mol. The maximum atomic E-state index is 12.9. The number of benzene rings is 1. The van der Waals surface area contributed by atoms with E-state index in [2.05, 4.69) is 10.3 Å². The Bertz CT molecular complexity index is 842. The number of rotatable bonds is 5. The summed E-state index contributed by atoms with van der Waals surface area (Å²) in [6, 6.07) is 7.28. The van der Waals surface area contributed by atoms with Crippen LogP contribution in [0.4, 0.5) is 0 Å². The lowest BCUT2D eigenvalue weighted by Crippen LogP contribution is -2.42. The lowest BCUT2D eigenvalue weighted by molar-refractivity contribution is -0.137. The number of ether oxygens (including phenoxy) is 2. The topological polar surface area (TPSA) is 76.6 Å². The van der Waals surface area contributed by atoms with Crippen molar-refractivity contribution >= 4 is 5.91 Å². The molecule has 1 N–H and O–H groups in total. The van der Waals surface area contributed by atoms with Crippen LogP contribution in [-0.2, 0) is 17.8 Å². The molecule has 0 aliphatic carbocycles. The largest absolute Gasteiger partial charge is 0.493 e. The second-order valence-electron chi connectivity index (χ2n) is 7.17. The molecule has 1 atom stereocenters. The van der Waals surface area contributed by atoms with E-state index in [9.17, 15) is 4.79 Å². The quantitative estimate of drug-likeness (QED) is 0.855. The summed E-state index contributed by atoms with van der Waals surface area (Å²) in [6.45, 7) is 2.44. The summed E-state index contributed by atoms with van der Waals surface area (Å²) in [6.07, 6.45) is 5.77. The van der Waals surface area contributed by atoms with Crippen LogP contribution in [0, 0.1) is 0 Å². The van der Waals surface area contributed by atoms with E-state index in [0.717, 1.165) is 55.9 Å². The first-order valence-electron chi connectivity index (χ1n) is 9.87. The van der Waals surface area contributed by atoms with Crippen molar-refractivity contribution < 1.29 is 14.3 Å². The van der Waals surface area contributed by atoms with Crippen LogP contribution in [0.3, 0.4) is 0 Å². The van der Waals surface area contributed by atoms with Gasteiger partial charge in [0, 0.05) is 43.5 Å². The summed E-state index contributed by atoms with van der Waals surface area (Å²) < 4.78 is 11.0. The molecule has 148 valence electrons. The fraction of sp³-hybridized carbons (Fsp3) is 0.476. The third kappa shape index (κ3) is 3.94. The Kier molecular flexibility index (Phi) is 5.71. The number of hydrogen-bond acceptors (Lipinski definition) is 6. The maximum Gasteiger partial charge on any atom is 0.261 e. The summed E-state index contributed by atoms with van der Waals surface area (Å²) in [7, 11) is 1.59. The van der Waals surface area contributed by atoms with Gasteiger partial charge in [-0.05, 0) is 31.4 Å². The highest BCUT2D eigenvalue weighted by Gasteiger charge is 2.31. The Hall–Kier alpha value is -2.67. The van der Waals surface area contributed by atoms with E-state index in [1.54, 1.807) is 13.2 Å². The molecule has 1 saturated heterocycles. The van der Waals surface area contributed by atoms with Gasteiger partial charge in [-0.2, -0.15) is 0 Å². The Morgan fingerprint density at radius 3 is 3.00 bits per heavy atom. The number of nitrogens with zero attached hydrogens (tertiary/aromatic N) is 3. The van der Waals surface area contributed by atoms with Crippen LogP contribution in [0.1, 0.15) is 42.4 Å². The van der Waals surface area contributed by atoms with Crippen LogP contribution >= 0.6 is 0 Å². The van der Waals surface area contributed by atoms with Gasteiger partial charge in [0.05, 0.1) is 13.2 Å². The second kappa shape index (κ2) is 8.56. The number of likely N-dealkylation sites (tertiary alicyclic amines) is 1. The number of nitrogens with one attached hydrogen (secondary N) is 1. The number of fused-ring (bicyclic) bond motifs is 1. The highest BCUT2D eigenvalue weighted by molar-refractivity contribution is 5.78.